The molecule has 6 aromatic rings. The topological polar surface area (TPSA) is 21.7 Å². The second-order valence-electron chi connectivity index (χ2n) is 10.2. The Morgan fingerprint density at radius 3 is 1.57 bits per heavy atom. The summed E-state index contributed by atoms with van der Waals surface area (Å²) >= 11 is 0. The van der Waals surface area contributed by atoms with Gasteiger partial charge in [0.25, 0.3) is 6.71 Å². The van der Waals surface area contributed by atoms with E-state index in [0.29, 0.717) is 0 Å². The number of hydrogen-bond acceptors (Lipinski definition) is 3. The highest BCUT2D eigenvalue weighted by molar-refractivity contribution is 6.98. The van der Waals surface area contributed by atoms with Crippen LogP contribution in [-0.2, 0) is 0 Å². The maximum Gasteiger partial charge on any atom is 0.260 e. The van der Waals surface area contributed by atoms with Gasteiger partial charge in [0.15, 0.2) is 0 Å². The minimum absolute atomic E-state index is 0.0273. The van der Waals surface area contributed by atoms with Gasteiger partial charge in [-0.25, -0.2) is 0 Å². The standard InChI is InChI=1S/C36H24BNO2/c1-4-11-25(12-5-1)26-19-21-30-34(23-26)39-32-17-10-18-33-36(32)37(30)31-22-20-29(24-35(31)40-33)38(27-13-6-2-7-14-27)28-15-8-3-9-16-28/h1-24H. The van der Waals surface area contributed by atoms with E-state index in [1.54, 1.807) is 0 Å². The molecular weight excluding hydrogens is 489 g/mol. The van der Waals surface area contributed by atoms with Gasteiger partial charge in [-0.05, 0) is 70.6 Å². The normalized spacial score (nSPS) is 12.3. The van der Waals surface area contributed by atoms with E-state index in [2.05, 4.69) is 114 Å². The van der Waals surface area contributed by atoms with E-state index in [4.69, 9.17) is 9.47 Å². The van der Waals surface area contributed by atoms with Crippen LogP contribution in [0.25, 0.3) is 11.1 Å². The maximum absolute atomic E-state index is 6.59. The fourth-order valence-electron chi connectivity index (χ4n) is 5.96. The summed E-state index contributed by atoms with van der Waals surface area (Å²) in [4.78, 5) is 2.26. The smallest absolute Gasteiger partial charge is 0.260 e. The molecule has 3 nitrogen and oxygen atoms in total. The van der Waals surface area contributed by atoms with E-state index >= 15 is 0 Å². The highest BCUT2D eigenvalue weighted by atomic mass is 16.5. The average molecular weight is 513 g/mol. The predicted molar refractivity (Wildman–Crippen MR) is 164 cm³/mol. The Bertz CT molecular complexity index is 1820. The fourth-order valence-corrected chi connectivity index (χ4v) is 5.96. The van der Waals surface area contributed by atoms with Gasteiger partial charge in [-0.15, -0.1) is 0 Å². The Morgan fingerprint density at radius 1 is 0.400 bits per heavy atom. The van der Waals surface area contributed by atoms with Gasteiger partial charge in [-0.3, -0.25) is 0 Å². The summed E-state index contributed by atoms with van der Waals surface area (Å²) in [5, 5.41) is 0. The van der Waals surface area contributed by atoms with E-state index in [-0.39, 0.29) is 6.71 Å². The first-order valence-electron chi connectivity index (χ1n) is 13.6. The zero-order chi connectivity index (χ0) is 26.5. The van der Waals surface area contributed by atoms with Crippen LogP contribution in [0.4, 0.5) is 17.1 Å². The Balaban J connectivity index is 1.27. The first-order valence-corrected chi connectivity index (χ1v) is 13.6. The Hall–Kier alpha value is -5.22. The first-order chi connectivity index (χ1) is 19.8. The third-order valence-electron chi connectivity index (χ3n) is 7.78. The van der Waals surface area contributed by atoms with Crippen molar-refractivity contribution in [3.8, 4) is 34.1 Å². The summed E-state index contributed by atoms with van der Waals surface area (Å²) in [6.45, 7) is 0.0273. The zero-order valence-corrected chi connectivity index (χ0v) is 21.7. The monoisotopic (exact) mass is 513 g/mol. The summed E-state index contributed by atoms with van der Waals surface area (Å²) in [5.74, 6) is 3.45. The summed E-state index contributed by atoms with van der Waals surface area (Å²) in [7, 11) is 0. The molecule has 2 aliphatic rings. The summed E-state index contributed by atoms with van der Waals surface area (Å²) in [6, 6.07) is 50.6. The number of hydrogen-bond donors (Lipinski definition) is 0. The van der Waals surface area contributed by atoms with Crippen molar-refractivity contribution < 1.29 is 9.47 Å². The van der Waals surface area contributed by atoms with Crippen molar-refractivity contribution in [2.45, 2.75) is 0 Å². The van der Waals surface area contributed by atoms with Crippen molar-refractivity contribution in [1.82, 2.24) is 0 Å². The van der Waals surface area contributed by atoms with Gasteiger partial charge in [-0.1, -0.05) is 91.0 Å². The van der Waals surface area contributed by atoms with Crippen LogP contribution in [0, 0.1) is 0 Å². The number of rotatable bonds is 4. The predicted octanol–water partition coefficient (Wildman–Crippen LogP) is 7.55. The number of ether oxygens (including phenoxy) is 2. The molecule has 0 radical (unpaired) electrons. The van der Waals surface area contributed by atoms with Gasteiger partial charge in [0.1, 0.15) is 23.0 Å². The Labute approximate surface area is 234 Å². The third-order valence-corrected chi connectivity index (χ3v) is 7.78. The van der Waals surface area contributed by atoms with Gasteiger partial charge >= 0.3 is 0 Å². The van der Waals surface area contributed by atoms with E-state index in [9.17, 15) is 0 Å². The van der Waals surface area contributed by atoms with Gasteiger partial charge in [0.2, 0.25) is 0 Å². The SMILES string of the molecule is c1ccc(-c2ccc3c(c2)Oc2cccc4c2B3c2ccc(N(c3ccccc3)c3ccccc3)cc2O4)cc1. The summed E-state index contributed by atoms with van der Waals surface area (Å²) in [5.41, 5.74) is 8.93. The van der Waals surface area contributed by atoms with Crippen LogP contribution in [0.3, 0.4) is 0 Å². The van der Waals surface area contributed by atoms with Gasteiger partial charge in [0.05, 0.1) is 0 Å². The second-order valence-corrected chi connectivity index (χ2v) is 10.2. The van der Waals surface area contributed by atoms with Crippen molar-refractivity contribution in [1.29, 1.82) is 0 Å². The maximum atomic E-state index is 6.59. The highest BCUT2D eigenvalue weighted by Crippen LogP contribution is 2.39. The molecule has 188 valence electrons. The van der Waals surface area contributed by atoms with Crippen LogP contribution in [0.15, 0.2) is 146 Å². The summed E-state index contributed by atoms with van der Waals surface area (Å²) in [6.07, 6.45) is 0. The van der Waals surface area contributed by atoms with Crippen LogP contribution >= 0.6 is 0 Å². The molecule has 6 aromatic carbocycles. The van der Waals surface area contributed by atoms with E-state index < -0.39 is 0 Å². The minimum Gasteiger partial charge on any atom is -0.458 e. The van der Waals surface area contributed by atoms with Crippen LogP contribution in [0.2, 0.25) is 0 Å². The van der Waals surface area contributed by atoms with E-state index in [1.165, 1.54) is 5.56 Å². The molecule has 0 fully saturated rings. The first kappa shape index (κ1) is 22.7. The molecule has 4 heteroatoms. The number of nitrogens with zero attached hydrogens (tertiary/aromatic N) is 1. The van der Waals surface area contributed by atoms with E-state index in [0.717, 1.165) is 62.0 Å². The molecule has 0 spiro atoms. The average Bonchev–Trinajstić information content (AvgIpc) is 3.02. The minimum atomic E-state index is 0.0273. The van der Waals surface area contributed by atoms with Gasteiger partial charge < -0.3 is 14.4 Å². The van der Waals surface area contributed by atoms with Crippen LogP contribution < -0.4 is 30.8 Å². The quantitative estimate of drug-likeness (QED) is 0.227. The number of anilines is 3. The molecule has 8 rings (SSSR count). The van der Waals surface area contributed by atoms with Crippen molar-refractivity contribution >= 4 is 40.2 Å². The number of para-hydroxylation sites is 2. The van der Waals surface area contributed by atoms with Gasteiger partial charge in [0, 0.05) is 28.6 Å². The molecule has 0 saturated heterocycles. The molecule has 0 saturated carbocycles. The number of benzene rings is 6. The third kappa shape index (κ3) is 3.69. The van der Waals surface area contributed by atoms with Crippen LogP contribution in [-0.4, -0.2) is 6.71 Å². The molecule has 0 atom stereocenters. The lowest BCUT2D eigenvalue weighted by Gasteiger charge is -2.34. The molecule has 0 amide bonds. The molecule has 40 heavy (non-hydrogen) atoms. The summed E-state index contributed by atoms with van der Waals surface area (Å²) < 4.78 is 13.1. The Morgan fingerprint density at radius 2 is 0.950 bits per heavy atom. The van der Waals surface area contributed by atoms with Crippen molar-refractivity contribution in [3.05, 3.63) is 146 Å². The Kier molecular flexibility index (Phi) is 5.24. The fraction of sp³-hybridized carbons (Fsp3) is 0. The molecule has 2 heterocycles. The lowest BCUT2D eigenvalue weighted by atomic mass is 9.35. The number of fused-ring (bicyclic) bond motifs is 4. The highest BCUT2D eigenvalue weighted by Gasteiger charge is 2.40. The second kappa shape index (κ2) is 9.21. The molecule has 2 aliphatic heterocycles. The molecule has 0 N–H and O–H groups in total. The van der Waals surface area contributed by atoms with Crippen molar-refractivity contribution in [2.24, 2.45) is 0 Å². The molecular formula is C36H24BNO2. The largest absolute Gasteiger partial charge is 0.458 e. The van der Waals surface area contributed by atoms with Crippen molar-refractivity contribution in [3.63, 3.8) is 0 Å². The lowest BCUT2D eigenvalue weighted by molar-refractivity contribution is 0.464. The molecule has 0 aromatic heterocycles. The molecule has 0 aliphatic carbocycles. The lowest BCUT2D eigenvalue weighted by Crippen LogP contribution is -2.57. The van der Waals surface area contributed by atoms with Crippen LogP contribution in [0.1, 0.15) is 0 Å². The molecule has 0 unspecified atom stereocenters. The van der Waals surface area contributed by atoms with Crippen molar-refractivity contribution in [2.75, 3.05) is 4.90 Å². The van der Waals surface area contributed by atoms with Crippen LogP contribution in [0.5, 0.6) is 23.0 Å². The van der Waals surface area contributed by atoms with Gasteiger partial charge in [-0.2, -0.15) is 0 Å². The van der Waals surface area contributed by atoms with E-state index in [1.807, 2.05) is 36.4 Å². The zero-order valence-electron chi connectivity index (χ0n) is 21.7. The molecule has 0 bridgehead atoms.